The molecule has 2 heterocycles. The highest BCUT2D eigenvalue weighted by molar-refractivity contribution is 14.1. The Balaban J connectivity index is 0.000000203. The fourth-order valence-electron chi connectivity index (χ4n) is 1.23. The molecule has 0 bridgehead atoms. The van der Waals surface area contributed by atoms with Gasteiger partial charge in [0.05, 0.1) is 0 Å². The van der Waals surface area contributed by atoms with Gasteiger partial charge in [-0.1, -0.05) is 13.8 Å². The van der Waals surface area contributed by atoms with Gasteiger partial charge in [0, 0.05) is 25.8 Å². The Bertz CT molecular complexity index is 571. The summed E-state index contributed by atoms with van der Waals surface area (Å²) in [6.45, 7) is 3.55. The molecule has 19 heavy (non-hydrogen) atoms. The van der Waals surface area contributed by atoms with Crippen LogP contribution in [-0.2, 0) is 4.79 Å². The van der Waals surface area contributed by atoms with E-state index in [4.69, 9.17) is 10.8 Å². The number of carboxylic acids is 1. The molecule has 7 heteroatoms. The lowest BCUT2D eigenvalue weighted by molar-refractivity contribution is -0.139. The van der Waals surface area contributed by atoms with Crippen molar-refractivity contribution in [2.75, 3.05) is 0 Å². The minimum absolute atomic E-state index is 0.0208. The number of rotatable bonds is 2. The SMILES string of the molecule is Brc1cnc2[nH]cc(I)c2c1.CC(C)[C@H](N)C(=O)O. The number of aliphatic carboxylic acids is 1. The number of hydrogen-bond acceptors (Lipinski definition) is 3. The van der Waals surface area contributed by atoms with Gasteiger partial charge in [-0.25, -0.2) is 4.98 Å². The van der Waals surface area contributed by atoms with Gasteiger partial charge < -0.3 is 15.8 Å². The molecule has 0 saturated heterocycles. The third-order valence-electron chi connectivity index (χ3n) is 2.45. The van der Waals surface area contributed by atoms with E-state index in [0.717, 1.165) is 10.1 Å². The maximum Gasteiger partial charge on any atom is 0.320 e. The van der Waals surface area contributed by atoms with Crippen LogP contribution in [0.4, 0.5) is 0 Å². The van der Waals surface area contributed by atoms with Crippen molar-refractivity contribution in [2.45, 2.75) is 19.9 Å². The van der Waals surface area contributed by atoms with Crippen molar-refractivity contribution in [3.63, 3.8) is 0 Å². The molecule has 104 valence electrons. The summed E-state index contributed by atoms with van der Waals surface area (Å²) in [5.74, 6) is -0.910. The maximum atomic E-state index is 10.0. The highest BCUT2D eigenvalue weighted by atomic mass is 127. The molecule has 0 spiro atoms. The molecule has 2 aromatic rings. The summed E-state index contributed by atoms with van der Waals surface area (Å²) in [6, 6.07) is 1.34. The zero-order valence-electron chi connectivity index (χ0n) is 10.5. The maximum absolute atomic E-state index is 10.0. The number of halogens is 2. The third kappa shape index (κ3) is 4.73. The molecule has 0 aliphatic rings. The summed E-state index contributed by atoms with van der Waals surface area (Å²) < 4.78 is 2.22. The quantitative estimate of drug-likeness (QED) is 0.627. The van der Waals surface area contributed by atoms with Crippen LogP contribution in [0, 0.1) is 9.49 Å². The summed E-state index contributed by atoms with van der Waals surface area (Å²) in [5.41, 5.74) is 6.10. The number of carbonyl (C=O) groups is 1. The van der Waals surface area contributed by atoms with Crippen LogP contribution in [0.25, 0.3) is 11.0 Å². The molecule has 0 fully saturated rings. The van der Waals surface area contributed by atoms with Crippen molar-refractivity contribution in [3.8, 4) is 0 Å². The highest BCUT2D eigenvalue weighted by Gasteiger charge is 2.14. The Morgan fingerprint density at radius 2 is 2.21 bits per heavy atom. The lowest BCUT2D eigenvalue weighted by atomic mass is 10.1. The second-order valence-corrected chi connectivity index (χ2v) is 6.37. The number of nitrogens with zero attached hydrogens (tertiary/aromatic N) is 1. The second kappa shape index (κ2) is 7.20. The summed E-state index contributed by atoms with van der Waals surface area (Å²) in [5, 5.41) is 9.39. The standard InChI is InChI=1S/C7H4BrIN2.C5H11NO2/c8-4-1-5-6(9)3-11-7(5)10-2-4;1-3(2)4(6)5(7)8/h1-3H,(H,10,11);3-4H,6H2,1-2H3,(H,7,8)/t;4-/m.0/s1. The Morgan fingerprint density at radius 1 is 1.58 bits per heavy atom. The molecule has 2 aromatic heterocycles. The first kappa shape index (κ1) is 16.4. The third-order valence-corrected chi connectivity index (χ3v) is 3.78. The Kier molecular flexibility index (Phi) is 6.21. The van der Waals surface area contributed by atoms with E-state index in [0.29, 0.717) is 0 Å². The van der Waals surface area contributed by atoms with Crippen molar-refractivity contribution in [2.24, 2.45) is 11.7 Å². The van der Waals surface area contributed by atoms with Crippen LogP contribution in [0.1, 0.15) is 13.8 Å². The number of hydrogen-bond donors (Lipinski definition) is 3. The van der Waals surface area contributed by atoms with E-state index in [1.54, 1.807) is 20.0 Å². The number of nitrogens with two attached hydrogens (primary N) is 1. The smallest absolute Gasteiger partial charge is 0.320 e. The average Bonchev–Trinajstić information content (AvgIpc) is 2.70. The van der Waals surface area contributed by atoms with Crippen LogP contribution in [0.5, 0.6) is 0 Å². The van der Waals surface area contributed by atoms with Gasteiger partial charge in [-0.3, -0.25) is 4.79 Å². The summed E-state index contributed by atoms with van der Waals surface area (Å²) in [4.78, 5) is 17.3. The van der Waals surface area contributed by atoms with Crippen molar-refractivity contribution < 1.29 is 9.90 Å². The van der Waals surface area contributed by atoms with E-state index in [-0.39, 0.29) is 5.92 Å². The molecule has 0 amide bonds. The van der Waals surface area contributed by atoms with Crippen molar-refractivity contribution in [3.05, 3.63) is 26.5 Å². The number of pyridine rings is 1. The van der Waals surface area contributed by atoms with Gasteiger partial charge in [0.15, 0.2) is 0 Å². The summed E-state index contributed by atoms with van der Waals surface area (Å²) >= 11 is 5.65. The first-order chi connectivity index (χ1) is 8.82. The van der Waals surface area contributed by atoms with Crippen LogP contribution >= 0.6 is 38.5 Å². The monoisotopic (exact) mass is 439 g/mol. The largest absolute Gasteiger partial charge is 0.480 e. The highest BCUT2D eigenvalue weighted by Crippen LogP contribution is 2.21. The predicted molar refractivity (Wildman–Crippen MR) is 87.0 cm³/mol. The Labute approximate surface area is 133 Å². The van der Waals surface area contributed by atoms with Crippen molar-refractivity contribution in [1.82, 2.24) is 9.97 Å². The lowest BCUT2D eigenvalue weighted by Gasteiger charge is -2.07. The van der Waals surface area contributed by atoms with Gasteiger partial charge in [-0.2, -0.15) is 0 Å². The van der Waals surface area contributed by atoms with Crippen LogP contribution in [0.15, 0.2) is 22.9 Å². The number of carboxylic acid groups (broad SMARTS) is 1. The molecule has 4 N–H and O–H groups in total. The van der Waals surface area contributed by atoms with E-state index in [1.165, 1.54) is 8.96 Å². The van der Waals surface area contributed by atoms with E-state index >= 15 is 0 Å². The van der Waals surface area contributed by atoms with E-state index in [2.05, 4.69) is 54.6 Å². The van der Waals surface area contributed by atoms with Gasteiger partial charge in [-0.15, -0.1) is 0 Å². The number of fused-ring (bicyclic) bond motifs is 1. The molecule has 0 aliphatic heterocycles. The Hall–Kier alpha value is -0.670. The zero-order valence-corrected chi connectivity index (χ0v) is 14.3. The molecule has 0 saturated carbocycles. The van der Waals surface area contributed by atoms with E-state index < -0.39 is 12.0 Å². The molecular weight excluding hydrogens is 425 g/mol. The zero-order chi connectivity index (χ0) is 14.6. The second-order valence-electron chi connectivity index (χ2n) is 4.29. The van der Waals surface area contributed by atoms with Gasteiger partial charge in [0.1, 0.15) is 11.7 Å². The summed E-state index contributed by atoms with van der Waals surface area (Å²) in [6.07, 6.45) is 3.74. The summed E-state index contributed by atoms with van der Waals surface area (Å²) in [7, 11) is 0. The normalized spacial score (nSPS) is 12.1. The Morgan fingerprint density at radius 3 is 2.68 bits per heavy atom. The van der Waals surface area contributed by atoms with Crippen molar-refractivity contribution in [1.29, 1.82) is 0 Å². The minimum Gasteiger partial charge on any atom is -0.480 e. The van der Waals surface area contributed by atoms with Crippen LogP contribution < -0.4 is 5.73 Å². The molecule has 5 nitrogen and oxygen atoms in total. The van der Waals surface area contributed by atoms with E-state index in [1.807, 2.05) is 6.20 Å². The van der Waals surface area contributed by atoms with Gasteiger partial charge in [-0.05, 0) is 50.5 Å². The molecule has 0 aromatic carbocycles. The van der Waals surface area contributed by atoms with Crippen LogP contribution in [0.2, 0.25) is 0 Å². The fourth-order valence-corrected chi connectivity index (χ4v) is 2.13. The fraction of sp³-hybridized carbons (Fsp3) is 0.333. The number of aromatic amines is 1. The van der Waals surface area contributed by atoms with E-state index in [9.17, 15) is 4.79 Å². The first-order valence-electron chi connectivity index (χ1n) is 5.59. The first-order valence-corrected chi connectivity index (χ1v) is 7.46. The minimum atomic E-state index is -0.931. The van der Waals surface area contributed by atoms with Gasteiger partial charge in [0.2, 0.25) is 0 Å². The number of nitrogens with one attached hydrogen (secondary N) is 1. The van der Waals surface area contributed by atoms with Crippen molar-refractivity contribution >= 4 is 55.5 Å². The van der Waals surface area contributed by atoms with Crippen LogP contribution in [-0.4, -0.2) is 27.1 Å². The topological polar surface area (TPSA) is 92.0 Å². The molecule has 1 atom stereocenters. The molecule has 0 radical (unpaired) electrons. The van der Waals surface area contributed by atoms with Crippen LogP contribution in [0.3, 0.4) is 0 Å². The molecule has 0 aliphatic carbocycles. The molecule has 2 rings (SSSR count). The lowest BCUT2D eigenvalue weighted by Crippen LogP contribution is -2.34. The van der Waals surface area contributed by atoms with Gasteiger partial charge in [0.25, 0.3) is 0 Å². The predicted octanol–water partition coefficient (Wildman–Crippen LogP) is 2.98. The number of H-pyrrole nitrogens is 1. The van der Waals surface area contributed by atoms with Gasteiger partial charge >= 0.3 is 5.97 Å². The number of aromatic nitrogens is 2. The molecule has 0 unspecified atom stereocenters. The average molecular weight is 440 g/mol. The molecular formula is C12H15BrIN3O2.